The molecule has 2 rings (SSSR count). The molecule has 126 valence electrons. The normalized spacial score (nSPS) is 17.1. The van der Waals surface area contributed by atoms with E-state index in [1.54, 1.807) is 4.90 Å². The van der Waals surface area contributed by atoms with Crippen molar-refractivity contribution in [3.05, 3.63) is 29.3 Å². The number of nitrogens with one attached hydrogen (secondary N) is 1. The molecule has 0 aromatic heterocycles. The minimum absolute atomic E-state index is 0.0221. The third kappa shape index (κ3) is 4.55. The van der Waals surface area contributed by atoms with Crippen molar-refractivity contribution in [2.75, 3.05) is 24.6 Å². The van der Waals surface area contributed by atoms with Gasteiger partial charge in [0.15, 0.2) is 0 Å². The third-order valence-electron chi connectivity index (χ3n) is 4.13. The Hall–Kier alpha value is -1.88. The van der Waals surface area contributed by atoms with E-state index in [-0.39, 0.29) is 17.9 Å². The van der Waals surface area contributed by atoms with Crippen LogP contribution < -0.4 is 10.2 Å². The van der Waals surface area contributed by atoms with Gasteiger partial charge in [0.25, 0.3) is 0 Å². The second kappa shape index (κ2) is 8.11. The van der Waals surface area contributed by atoms with Crippen LogP contribution in [0.5, 0.6) is 0 Å². The highest BCUT2D eigenvalue weighted by atomic mass is 16.5. The lowest BCUT2D eigenvalue weighted by Gasteiger charge is -2.23. The highest BCUT2D eigenvalue weighted by molar-refractivity contribution is 5.94. The molecule has 1 aliphatic rings. The Labute approximate surface area is 138 Å². The van der Waals surface area contributed by atoms with Gasteiger partial charge >= 0.3 is 0 Å². The first-order chi connectivity index (χ1) is 11.0. The minimum atomic E-state index is -0.341. The summed E-state index contributed by atoms with van der Waals surface area (Å²) in [6.45, 7) is 7.59. The van der Waals surface area contributed by atoms with Crippen molar-refractivity contribution in [2.24, 2.45) is 0 Å². The number of hydrogen-bond acceptors (Lipinski definition) is 3. The van der Waals surface area contributed by atoms with Gasteiger partial charge in [-0.05, 0) is 50.8 Å². The average molecular weight is 318 g/mol. The molecule has 0 radical (unpaired) electrons. The molecule has 1 aromatic carbocycles. The van der Waals surface area contributed by atoms with E-state index in [0.29, 0.717) is 26.1 Å². The zero-order valence-electron chi connectivity index (χ0n) is 14.2. The quantitative estimate of drug-likeness (QED) is 0.876. The predicted octanol–water partition coefficient (Wildman–Crippen LogP) is 2.34. The Morgan fingerprint density at radius 1 is 1.35 bits per heavy atom. The Bertz CT molecular complexity index is 565. The van der Waals surface area contributed by atoms with Crippen LogP contribution in [-0.2, 0) is 14.3 Å². The van der Waals surface area contributed by atoms with Crippen molar-refractivity contribution in [1.29, 1.82) is 0 Å². The van der Waals surface area contributed by atoms with Crippen molar-refractivity contribution in [3.8, 4) is 0 Å². The van der Waals surface area contributed by atoms with Gasteiger partial charge < -0.3 is 15.0 Å². The predicted molar refractivity (Wildman–Crippen MR) is 90.5 cm³/mol. The molecule has 5 nitrogen and oxygen atoms in total. The number of hydrogen-bond donors (Lipinski definition) is 1. The number of anilines is 1. The standard InChI is InChI=1S/C18H26N2O3/c1-4-20(15-12-13(2)7-8-14(15)3)17(21)9-10-19-18(22)16-6-5-11-23-16/h7-8,12,16H,4-6,9-11H2,1-3H3,(H,19,22). The molecular weight excluding hydrogens is 292 g/mol. The molecule has 1 atom stereocenters. The first-order valence-corrected chi connectivity index (χ1v) is 8.30. The van der Waals surface area contributed by atoms with Crippen LogP contribution in [0.15, 0.2) is 18.2 Å². The first-order valence-electron chi connectivity index (χ1n) is 8.30. The van der Waals surface area contributed by atoms with Crippen LogP contribution >= 0.6 is 0 Å². The molecule has 1 N–H and O–H groups in total. The average Bonchev–Trinajstić information content (AvgIpc) is 3.06. The lowest BCUT2D eigenvalue weighted by Crippen LogP contribution is -2.38. The second-order valence-corrected chi connectivity index (χ2v) is 5.97. The summed E-state index contributed by atoms with van der Waals surface area (Å²) in [6, 6.07) is 6.10. The van der Waals surface area contributed by atoms with Gasteiger partial charge in [0.1, 0.15) is 6.10 Å². The maximum Gasteiger partial charge on any atom is 0.249 e. The Kier molecular flexibility index (Phi) is 6.16. The summed E-state index contributed by atoms with van der Waals surface area (Å²) in [7, 11) is 0. The zero-order valence-corrected chi connectivity index (χ0v) is 14.2. The van der Waals surface area contributed by atoms with Crippen molar-refractivity contribution < 1.29 is 14.3 Å². The molecular formula is C18H26N2O3. The van der Waals surface area contributed by atoms with E-state index in [2.05, 4.69) is 5.32 Å². The Morgan fingerprint density at radius 2 is 2.13 bits per heavy atom. The molecule has 0 bridgehead atoms. The van der Waals surface area contributed by atoms with Gasteiger partial charge in [0, 0.05) is 31.8 Å². The molecule has 1 saturated heterocycles. The number of rotatable bonds is 6. The van der Waals surface area contributed by atoms with E-state index in [1.165, 1.54) is 0 Å². The highest BCUT2D eigenvalue weighted by Gasteiger charge is 2.23. The molecule has 1 unspecified atom stereocenters. The lowest BCUT2D eigenvalue weighted by atomic mass is 10.1. The number of nitrogens with zero attached hydrogens (tertiary/aromatic N) is 1. The van der Waals surface area contributed by atoms with Crippen LogP contribution in [0.1, 0.15) is 37.3 Å². The molecule has 23 heavy (non-hydrogen) atoms. The van der Waals surface area contributed by atoms with E-state index in [1.807, 2.05) is 39.0 Å². The van der Waals surface area contributed by atoms with E-state index < -0.39 is 0 Å². The number of aryl methyl sites for hydroxylation is 2. The third-order valence-corrected chi connectivity index (χ3v) is 4.13. The summed E-state index contributed by atoms with van der Waals surface area (Å²) >= 11 is 0. The van der Waals surface area contributed by atoms with Gasteiger partial charge in [-0.3, -0.25) is 9.59 Å². The number of amides is 2. The molecule has 0 aliphatic carbocycles. The van der Waals surface area contributed by atoms with Gasteiger partial charge in [-0.2, -0.15) is 0 Å². The van der Waals surface area contributed by atoms with Gasteiger partial charge in [-0.15, -0.1) is 0 Å². The van der Waals surface area contributed by atoms with Crippen molar-refractivity contribution >= 4 is 17.5 Å². The van der Waals surface area contributed by atoms with Crippen LogP contribution in [-0.4, -0.2) is 37.6 Å². The van der Waals surface area contributed by atoms with Gasteiger partial charge in [0.05, 0.1) is 0 Å². The van der Waals surface area contributed by atoms with Gasteiger partial charge in [-0.1, -0.05) is 12.1 Å². The SMILES string of the molecule is CCN(C(=O)CCNC(=O)C1CCCO1)c1cc(C)ccc1C. The topological polar surface area (TPSA) is 58.6 Å². The van der Waals surface area contributed by atoms with E-state index in [0.717, 1.165) is 29.7 Å². The van der Waals surface area contributed by atoms with Crippen LogP contribution in [0.2, 0.25) is 0 Å². The minimum Gasteiger partial charge on any atom is -0.368 e. The number of carbonyl (C=O) groups is 2. The van der Waals surface area contributed by atoms with Gasteiger partial charge in [0.2, 0.25) is 11.8 Å². The van der Waals surface area contributed by atoms with Crippen LogP contribution in [0.4, 0.5) is 5.69 Å². The molecule has 1 fully saturated rings. The van der Waals surface area contributed by atoms with Crippen molar-refractivity contribution in [2.45, 2.75) is 46.1 Å². The Balaban J connectivity index is 1.90. The molecule has 2 amide bonds. The molecule has 0 saturated carbocycles. The van der Waals surface area contributed by atoms with Gasteiger partial charge in [-0.25, -0.2) is 0 Å². The first kappa shape index (κ1) is 17.5. The van der Waals surface area contributed by atoms with Crippen LogP contribution in [0, 0.1) is 13.8 Å². The molecule has 1 aromatic rings. The summed E-state index contributed by atoms with van der Waals surface area (Å²) < 4.78 is 5.33. The summed E-state index contributed by atoms with van der Waals surface area (Å²) in [4.78, 5) is 26.1. The zero-order chi connectivity index (χ0) is 16.8. The molecule has 1 heterocycles. The van der Waals surface area contributed by atoms with Crippen LogP contribution in [0.3, 0.4) is 0 Å². The summed E-state index contributed by atoms with van der Waals surface area (Å²) in [6.07, 6.45) is 1.64. The molecule has 5 heteroatoms. The van der Waals surface area contributed by atoms with Crippen LogP contribution in [0.25, 0.3) is 0 Å². The fourth-order valence-corrected chi connectivity index (χ4v) is 2.82. The fraction of sp³-hybridized carbons (Fsp3) is 0.556. The van der Waals surface area contributed by atoms with E-state index in [9.17, 15) is 9.59 Å². The summed E-state index contributed by atoms with van der Waals surface area (Å²) in [5.74, 6) is -0.0843. The number of carbonyl (C=O) groups excluding carboxylic acids is 2. The summed E-state index contributed by atoms with van der Waals surface area (Å²) in [5, 5.41) is 2.80. The maximum atomic E-state index is 12.5. The molecule has 1 aliphatic heterocycles. The Morgan fingerprint density at radius 3 is 2.78 bits per heavy atom. The van der Waals surface area contributed by atoms with Crippen molar-refractivity contribution in [1.82, 2.24) is 5.32 Å². The van der Waals surface area contributed by atoms with E-state index >= 15 is 0 Å². The smallest absolute Gasteiger partial charge is 0.249 e. The largest absolute Gasteiger partial charge is 0.368 e. The molecule has 0 spiro atoms. The highest BCUT2D eigenvalue weighted by Crippen LogP contribution is 2.22. The summed E-state index contributed by atoms with van der Waals surface area (Å²) in [5.41, 5.74) is 3.15. The number of ether oxygens (including phenoxy) is 1. The second-order valence-electron chi connectivity index (χ2n) is 5.97. The van der Waals surface area contributed by atoms with Crippen molar-refractivity contribution in [3.63, 3.8) is 0 Å². The number of benzene rings is 1. The lowest BCUT2D eigenvalue weighted by molar-refractivity contribution is -0.130. The van der Waals surface area contributed by atoms with E-state index in [4.69, 9.17) is 4.74 Å². The monoisotopic (exact) mass is 318 g/mol. The maximum absolute atomic E-state index is 12.5. The fourth-order valence-electron chi connectivity index (χ4n) is 2.82.